The third kappa shape index (κ3) is 4.87. The fraction of sp³-hybridized carbons (Fsp3) is 0.636. The first-order valence-electron chi connectivity index (χ1n) is 10.6. The van der Waals surface area contributed by atoms with Crippen LogP contribution in [-0.4, -0.2) is 59.9 Å². The lowest BCUT2D eigenvalue weighted by molar-refractivity contribution is -0.129. The van der Waals surface area contributed by atoms with E-state index in [4.69, 9.17) is 11.6 Å². The molecule has 1 saturated heterocycles. The van der Waals surface area contributed by atoms with Crippen LogP contribution in [0.4, 0.5) is 0 Å². The standard InChI is InChI=1S/C22H32ClN3O2/c1-3-16(2)24-21(27)20(17-8-4-5-9-17)25-12-14-26(15-13-25)22(28)18-10-6-7-11-19(18)23/h6-7,10-11,16-17,20H,3-5,8-9,12-15H2,1-2H3,(H,24,27). The van der Waals surface area contributed by atoms with Crippen LogP contribution in [0.25, 0.3) is 0 Å². The van der Waals surface area contributed by atoms with Crippen LogP contribution in [0, 0.1) is 5.92 Å². The lowest BCUT2D eigenvalue weighted by atomic mass is 9.94. The number of nitrogens with zero attached hydrogens (tertiary/aromatic N) is 2. The summed E-state index contributed by atoms with van der Waals surface area (Å²) < 4.78 is 0. The van der Waals surface area contributed by atoms with Crippen molar-refractivity contribution < 1.29 is 9.59 Å². The third-order valence-electron chi connectivity index (χ3n) is 6.22. The van der Waals surface area contributed by atoms with Crippen molar-refractivity contribution >= 4 is 23.4 Å². The number of rotatable bonds is 6. The third-order valence-corrected chi connectivity index (χ3v) is 6.54. The first-order chi connectivity index (χ1) is 13.5. The molecule has 1 aliphatic carbocycles. The van der Waals surface area contributed by atoms with E-state index in [0.717, 1.165) is 32.4 Å². The number of piperazine rings is 1. The number of halogens is 1. The van der Waals surface area contributed by atoms with Crippen molar-refractivity contribution in [1.82, 2.24) is 15.1 Å². The summed E-state index contributed by atoms with van der Waals surface area (Å²) in [5, 5.41) is 3.68. The van der Waals surface area contributed by atoms with Crippen molar-refractivity contribution in [2.24, 2.45) is 5.92 Å². The van der Waals surface area contributed by atoms with Crippen molar-refractivity contribution in [2.75, 3.05) is 26.2 Å². The summed E-state index contributed by atoms with van der Waals surface area (Å²) in [6, 6.07) is 7.32. The number of amides is 2. The van der Waals surface area contributed by atoms with Crippen molar-refractivity contribution in [3.8, 4) is 0 Å². The minimum absolute atomic E-state index is 0.0216. The van der Waals surface area contributed by atoms with Crippen molar-refractivity contribution in [2.45, 2.75) is 58.0 Å². The quantitative estimate of drug-likeness (QED) is 0.787. The molecule has 1 saturated carbocycles. The molecule has 28 heavy (non-hydrogen) atoms. The molecule has 154 valence electrons. The Morgan fingerprint density at radius 3 is 2.39 bits per heavy atom. The number of hydrogen-bond acceptors (Lipinski definition) is 3. The van der Waals surface area contributed by atoms with Gasteiger partial charge in [0, 0.05) is 32.2 Å². The Bertz CT molecular complexity index is 682. The summed E-state index contributed by atoms with van der Waals surface area (Å²) in [6.07, 6.45) is 5.60. The molecule has 2 unspecified atom stereocenters. The summed E-state index contributed by atoms with van der Waals surface area (Å²) in [5.41, 5.74) is 0.555. The van der Waals surface area contributed by atoms with Gasteiger partial charge in [-0.1, -0.05) is 43.5 Å². The fourth-order valence-electron chi connectivity index (χ4n) is 4.39. The van der Waals surface area contributed by atoms with E-state index in [9.17, 15) is 9.59 Å². The van der Waals surface area contributed by atoms with Crippen LogP contribution in [0.15, 0.2) is 24.3 Å². The molecular formula is C22H32ClN3O2. The Morgan fingerprint density at radius 2 is 1.79 bits per heavy atom. The summed E-state index contributed by atoms with van der Waals surface area (Å²) in [7, 11) is 0. The van der Waals surface area contributed by atoms with E-state index >= 15 is 0 Å². The van der Waals surface area contributed by atoms with Gasteiger partial charge in [-0.3, -0.25) is 14.5 Å². The summed E-state index contributed by atoms with van der Waals surface area (Å²) in [5.74, 6) is 0.564. The average molecular weight is 406 g/mol. The molecule has 1 aliphatic heterocycles. The largest absolute Gasteiger partial charge is 0.352 e. The molecule has 2 amide bonds. The van der Waals surface area contributed by atoms with Crippen LogP contribution >= 0.6 is 11.6 Å². The highest BCUT2D eigenvalue weighted by Gasteiger charge is 2.37. The van der Waals surface area contributed by atoms with Crippen molar-refractivity contribution in [3.05, 3.63) is 34.9 Å². The summed E-state index contributed by atoms with van der Waals surface area (Å²) in [4.78, 5) is 30.0. The number of carbonyl (C=O) groups excluding carboxylic acids is 2. The van der Waals surface area contributed by atoms with Crippen LogP contribution in [0.3, 0.4) is 0 Å². The van der Waals surface area contributed by atoms with Crippen LogP contribution in [-0.2, 0) is 4.79 Å². The van der Waals surface area contributed by atoms with E-state index in [1.54, 1.807) is 12.1 Å². The SMILES string of the molecule is CCC(C)NC(=O)C(C1CCCC1)N1CCN(C(=O)c2ccccc2Cl)CC1. The predicted molar refractivity (Wildman–Crippen MR) is 113 cm³/mol. The zero-order chi connectivity index (χ0) is 20.1. The lowest BCUT2D eigenvalue weighted by Gasteiger charge is -2.41. The molecule has 5 nitrogen and oxygen atoms in total. The molecule has 6 heteroatoms. The maximum atomic E-state index is 13.0. The van der Waals surface area contributed by atoms with E-state index in [1.807, 2.05) is 17.0 Å². The normalized spacial score (nSPS) is 20.8. The van der Waals surface area contributed by atoms with Crippen LogP contribution in [0.1, 0.15) is 56.3 Å². The van der Waals surface area contributed by atoms with E-state index in [-0.39, 0.29) is 23.9 Å². The predicted octanol–water partition coefficient (Wildman–Crippen LogP) is 3.57. The maximum absolute atomic E-state index is 13.0. The maximum Gasteiger partial charge on any atom is 0.255 e. The van der Waals surface area contributed by atoms with E-state index in [1.165, 1.54) is 12.8 Å². The molecule has 1 heterocycles. The fourth-order valence-corrected chi connectivity index (χ4v) is 4.61. The number of carbonyl (C=O) groups is 2. The topological polar surface area (TPSA) is 52.7 Å². The van der Waals surface area contributed by atoms with Gasteiger partial charge >= 0.3 is 0 Å². The zero-order valence-corrected chi connectivity index (χ0v) is 17.8. The molecule has 2 atom stereocenters. The Balaban J connectivity index is 1.65. The molecule has 0 spiro atoms. The molecule has 2 aliphatic rings. The van der Waals surface area contributed by atoms with Crippen molar-refractivity contribution in [1.29, 1.82) is 0 Å². The highest BCUT2D eigenvalue weighted by atomic mass is 35.5. The second-order valence-corrected chi connectivity index (χ2v) is 8.52. The van der Waals surface area contributed by atoms with E-state index in [0.29, 0.717) is 29.6 Å². The van der Waals surface area contributed by atoms with Gasteiger partial charge in [-0.05, 0) is 44.2 Å². The summed E-state index contributed by atoms with van der Waals surface area (Å²) >= 11 is 6.20. The summed E-state index contributed by atoms with van der Waals surface area (Å²) in [6.45, 7) is 6.86. The number of benzene rings is 1. The zero-order valence-electron chi connectivity index (χ0n) is 17.0. The van der Waals surface area contributed by atoms with Gasteiger partial charge in [0.05, 0.1) is 16.6 Å². The van der Waals surface area contributed by atoms with Gasteiger partial charge in [0.25, 0.3) is 5.91 Å². The monoisotopic (exact) mass is 405 g/mol. The second kappa shape index (κ2) is 9.75. The first kappa shape index (κ1) is 21.1. The highest BCUT2D eigenvalue weighted by molar-refractivity contribution is 6.33. The Kier molecular flexibility index (Phi) is 7.36. The van der Waals surface area contributed by atoms with E-state index in [2.05, 4.69) is 24.1 Å². The van der Waals surface area contributed by atoms with Crippen LogP contribution in [0.5, 0.6) is 0 Å². The van der Waals surface area contributed by atoms with Crippen molar-refractivity contribution in [3.63, 3.8) is 0 Å². The first-order valence-corrected chi connectivity index (χ1v) is 11.0. The molecule has 1 aromatic rings. The highest BCUT2D eigenvalue weighted by Crippen LogP contribution is 2.31. The van der Waals surface area contributed by atoms with Crippen LogP contribution < -0.4 is 5.32 Å². The number of nitrogens with one attached hydrogen (secondary N) is 1. The van der Waals surface area contributed by atoms with Gasteiger partial charge in [0.15, 0.2) is 0 Å². The molecule has 0 bridgehead atoms. The molecule has 0 radical (unpaired) electrons. The van der Waals surface area contributed by atoms with Gasteiger partial charge in [-0.25, -0.2) is 0 Å². The molecular weight excluding hydrogens is 374 g/mol. The molecule has 2 fully saturated rings. The minimum Gasteiger partial charge on any atom is -0.352 e. The molecule has 1 aromatic carbocycles. The lowest BCUT2D eigenvalue weighted by Crippen LogP contribution is -2.58. The van der Waals surface area contributed by atoms with Gasteiger partial charge in [-0.2, -0.15) is 0 Å². The molecule has 0 aromatic heterocycles. The Morgan fingerprint density at radius 1 is 1.14 bits per heavy atom. The Labute approximate surface area is 173 Å². The van der Waals surface area contributed by atoms with Gasteiger partial charge in [0.2, 0.25) is 5.91 Å². The molecule has 1 N–H and O–H groups in total. The second-order valence-electron chi connectivity index (χ2n) is 8.12. The smallest absolute Gasteiger partial charge is 0.255 e. The van der Waals surface area contributed by atoms with E-state index < -0.39 is 0 Å². The minimum atomic E-state index is -0.0749. The van der Waals surface area contributed by atoms with Crippen LogP contribution in [0.2, 0.25) is 5.02 Å². The van der Waals surface area contributed by atoms with Gasteiger partial charge in [-0.15, -0.1) is 0 Å². The Hall–Kier alpha value is -1.59. The van der Waals surface area contributed by atoms with Gasteiger partial charge in [0.1, 0.15) is 0 Å². The van der Waals surface area contributed by atoms with Gasteiger partial charge < -0.3 is 10.2 Å². The molecule has 3 rings (SSSR count). The number of hydrogen-bond donors (Lipinski definition) is 1. The average Bonchev–Trinajstić information content (AvgIpc) is 3.22.